The minimum atomic E-state index is -0.0948. The van der Waals surface area contributed by atoms with Gasteiger partial charge < -0.3 is 9.64 Å². The van der Waals surface area contributed by atoms with Crippen molar-refractivity contribution in [2.75, 3.05) is 6.61 Å². The lowest BCUT2D eigenvalue weighted by Crippen LogP contribution is -2.56. The molecular formula is C22H21BrN2OS. The van der Waals surface area contributed by atoms with Crippen molar-refractivity contribution in [1.29, 1.82) is 0 Å². The fourth-order valence-electron chi connectivity index (χ4n) is 4.42. The predicted molar refractivity (Wildman–Crippen MR) is 116 cm³/mol. The molecule has 5 heteroatoms. The van der Waals surface area contributed by atoms with Crippen LogP contribution in [0.1, 0.15) is 37.9 Å². The highest BCUT2D eigenvalue weighted by Crippen LogP contribution is 2.54. The molecule has 0 aromatic heterocycles. The van der Waals surface area contributed by atoms with Crippen LogP contribution in [0.3, 0.4) is 0 Å². The number of fused-ring (bicyclic) bond motifs is 4. The van der Waals surface area contributed by atoms with Crippen LogP contribution < -0.4 is 4.74 Å². The van der Waals surface area contributed by atoms with Gasteiger partial charge in [-0.2, -0.15) is 0 Å². The maximum atomic E-state index is 6.14. The Morgan fingerprint density at radius 3 is 2.67 bits per heavy atom. The summed E-state index contributed by atoms with van der Waals surface area (Å²) in [5, 5.41) is 1.10. The first kappa shape index (κ1) is 17.4. The second kappa shape index (κ2) is 6.14. The number of hydrogen-bond donors (Lipinski definition) is 0. The van der Waals surface area contributed by atoms with Crippen LogP contribution in [0.25, 0.3) is 5.70 Å². The molecule has 3 aliphatic rings. The number of nitrogens with zero attached hydrogens (tertiary/aromatic N) is 2. The summed E-state index contributed by atoms with van der Waals surface area (Å²) in [5.41, 5.74) is 3.62. The SMILES string of the molecule is CC1=C(c2ccc(Br)cc2)N2C(=N[C@H]3c4ccccc4OC[C@@H]3C2(C)C)S1. The van der Waals surface area contributed by atoms with Crippen molar-refractivity contribution >= 4 is 38.6 Å². The maximum absolute atomic E-state index is 6.14. The van der Waals surface area contributed by atoms with E-state index in [1.165, 1.54) is 21.7 Å². The zero-order valence-electron chi connectivity index (χ0n) is 15.6. The van der Waals surface area contributed by atoms with Crippen molar-refractivity contribution < 1.29 is 4.74 Å². The molecule has 0 bridgehead atoms. The van der Waals surface area contributed by atoms with E-state index in [4.69, 9.17) is 9.73 Å². The molecular weight excluding hydrogens is 420 g/mol. The lowest BCUT2D eigenvalue weighted by Gasteiger charge is -2.51. The number of amidine groups is 1. The average Bonchev–Trinajstić information content (AvgIpc) is 2.99. The Labute approximate surface area is 172 Å². The summed E-state index contributed by atoms with van der Waals surface area (Å²) in [6.07, 6.45) is 0. The molecule has 27 heavy (non-hydrogen) atoms. The Morgan fingerprint density at radius 1 is 1.15 bits per heavy atom. The van der Waals surface area contributed by atoms with E-state index >= 15 is 0 Å². The number of aliphatic imine (C=N–C) groups is 1. The fraction of sp³-hybridized carbons (Fsp3) is 0.318. The van der Waals surface area contributed by atoms with E-state index < -0.39 is 0 Å². The van der Waals surface area contributed by atoms with Crippen molar-refractivity contribution in [2.45, 2.75) is 32.4 Å². The molecule has 3 aliphatic heterocycles. The molecule has 3 heterocycles. The van der Waals surface area contributed by atoms with E-state index in [1.807, 2.05) is 6.07 Å². The summed E-state index contributed by atoms with van der Waals surface area (Å²) in [7, 11) is 0. The molecule has 0 spiro atoms. The predicted octanol–water partition coefficient (Wildman–Crippen LogP) is 6.08. The normalized spacial score (nSPS) is 25.3. The molecule has 0 N–H and O–H groups in total. The van der Waals surface area contributed by atoms with Gasteiger partial charge in [0.2, 0.25) is 0 Å². The van der Waals surface area contributed by atoms with E-state index in [-0.39, 0.29) is 11.6 Å². The van der Waals surface area contributed by atoms with Gasteiger partial charge in [-0.3, -0.25) is 4.99 Å². The molecule has 2 aromatic carbocycles. The smallest absolute Gasteiger partial charge is 0.169 e. The first-order chi connectivity index (χ1) is 13.0. The lowest BCUT2D eigenvalue weighted by molar-refractivity contribution is 0.0745. The van der Waals surface area contributed by atoms with E-state index in [1.54, 1.807) is 11.8 Å². The second-order valence-corrected chi connectivity index (χ2v) is 9.91. The van der Waals surface area contributed by atoms with Gasteiger partial charge in [0.1, 0.15) is 5.75 Å². The third-order valence-electron chi connectivity index (χ3n) is 5.88. The van der Waals surface area contributed by atoms with E-state index in [2.05, 4.69) is 84.1 Å². The molecule has 0 aliphatic carbocycles. The Kier molecular flexibility index (Phi) is 3.96. The highest BCUT2D eigenvalue weighted by Gasteiger charge is 2.52. The molecule has 5 rings (SSSR count). The highest BCUT2D eigenvalue weighted by atomic mass is 79.9. The third kappa shape index (κ3) is 2.59. The first-order valence-electron chi connectivity index (χ1n) is 9.21. The van der Waals surface area contributed by atoms with Crippen molar-refractivity contribution in [1.82, 2.24) is 4.90 Å². The molecule has 3 nitrogen and oxygen atoms in total. The molecule has 0 unspecified atom stereocenters. The minimum Gasteiger partial charge on any atom is -0.493 e. The second-order valence-electron chi connectivity index (χ2n) is 7.81. The van der Waals surface area contributed by atoms with Crippen LogP contribution in [0, 0.1) is 5.92 Å². The van der Waals surface area contributed by atoms with Crippen LogP contribution in [0.2, 0.25) is 0 Å². The van der Waals surface area contributed by atoms with Gasteiger partial charge in [-0.05, 0) is 44.5 Å². The molecule has 0 radical (unpaired) electrons. The Bertz CT molecular complexity index is 980. The van der Waals surface area contributed by atoms with Gasteiger partial charge in [-0.1, -0.05) is 58.0 Å². The first-order valence-corrected chi connectivity index (χ1v) is 10.8. The number of allylic oxidation sites excluding steroid dienone is 1. The monoisotopic (exact) mass is 440 g/mol. The summed E-state index contributed by atoms with van der Waals surface area (Å²) in [4.78, 5) is 8.96. The van der Waals surface area contributed by atoms with Crippen LogP contribution in [0.4, 0.5) is 0 Å². The zero-order chi connectivity index (χ0) is 18.8. The number of ether oxygens (including phenoxy) is 1. The Morgan fingerprint density at radius 2 is 1.89 bits per heavy atom. The molecule has 0 saturated heterocycles. The quantitative estimate of drug-likeness (QED) is 0.536. The van der Waals surface area contributed by atoms with Crippen molar-refractivity contribution in [2.24, 2.45) is 10.9 Å². The lowest BCUT2D eigenvalue weighted by atomic mass is 9.75. The van der Waals surface area contributed by atoms with Crippen LogP contribution in [0.15, 0.2) is 62.9 Å². The average molecular weight is 441 g/mol. The summed E-state index contributed by atoms with van der Waals surface area (Å²) >= 11 is 5.34. The molecule has 0 fully saturated rings. The van der Waals surface area contributed by atoms with E-state index in [9.17, 15) is 0 Å². The summed E-state index contributed by atoms with van der Waals surface area (Å²) in [5.74, 6) is 1.28. The van der Waals surface area contributed by atoms with Crippen LogP contribution >= 0.6 is 27.7 Å². The summed E-state index contributed by atoms with van der Waals surface area (Å²) in [6, 6.07) is 17.1. The number of para-hydroxylation sites is 1. The Balaban J connectivity index is 1.63. The van der Waals surface area contributed by atoms with Gasteiger partial charge in [0.15, 0.2) is 5.17 Å². The van der Waals surface area contributed by atoms with Gasteiger partial charge in [-0.15, -0.1) is 0 Å². The van der Waals surface area contributed by atoms with Crippen LogP contribution in [-0.2, 0) is 0 Å². The van der Waals surface area contributed by atoms with Crippen molar-refractivity contribution in [3.05, 3.63) is 69.0 Å². The van der Waals surface area contributed by atoms with Crippen LogP contribution in [-0.4, -0.2) is 22.2 Å². The van der Waals surface area contributed by atoms with Crippen molar-refractivity contribution in [3.63, 3.8) is 0 Å². The van der Waals surface area contributed by atoms with Gasteiger partial charge in [-0.25, -0.2) is 0 Å². The van der Waals surface area contributed by atoms with Gasteiger partial charge in [0.25, 0.3) is 0 Å². The highest BCUT2D eigenvalue weighted by molar-refractivity contribution is 9.10. The molecule has 0 saturated carbocycles. The number of rotatable bonds is 1. The number of hydrogen-bond acceptors (Lipinski definition) is 4. The third-order valence-corrected chi connectivity index (χ3v) is 7.38. The number of thioether (sulfide) groups is 1. The van der Waals surface area contributed by atoms with Gasteiger partial charge in [0.05, 0.1) is 18.3 Å². The molecule has 138 valence electrons. The minimum absolute atomic E-state index is 0.0948. The van der Waals surface area contributed by atoms with Crippen molar-refractivity contribution in [3.8, 4) is 5.75 Å². The molecule has 2 atom stereocenters. The number of halogens is 1. The van der Waals surface area contributed by atoms with Crippen LogP contribution in [0.5, 0.6) is 5.75 Å². The van der Waals surface area contributed by atoms with Gasteiger partial charge >= 0.3 is 0 Å². The zero-order valence-corrected chi connectivity index (χ0v) is 18.0. The number of benzene rings is 2. The fourth-order valence-corrected chi connectivity index (χ4v) is 5.85. The summed E-state index contributed by atoms with van der Waals surface area (Å²) in [6.45, 7) is 7.55. The maximum Gasteiger partial charge on any atom is 0.169 e. The van der Waals surface area contributed by atoms with E-state index in [0.717, 1.165) is 15.4 Å². The Hall–Kier alpha value is -1.72. The van der Waals surface area contributed by atoms with Gasteiger partial charge in [0, 0.05) is 26.4 Å². The topological polar surface area (TPSA) is 24.8 Å². The molecule has 0 amide bonds. The summed E-state index contributed by atoms with van der Waals surface area (Å²) < 4.78 is 7.23. The molecule has 2 aromatic rings. The largest absolute Gasteiger partial charge is 0.493 e. The standard InChI is InChI=1S/C22H21BrN2OS/c1-13-20(14-8-10-15(23)11-9-14)25-21(27-13)24-19-16-6-4-5-7-18(16)26-12-17(19)22(25,2)3/h4-11,17,19H,12H2,1-3H3/t17-,19-/m0/s1. The van der Waals surface area contributed by atoms with E-state index in [0.29, 0.717) is 12.5 Å².